The van der Waals surface area contributed by atoms with Gasteiger partial charge in [-0.15, -0.1) is 12.4 Å². The molecule has 9 nitrogen and oxygen atoms in total. The first kappa shape index (κ1) is 33.1. The SMILES string of the molecule is C1C2CC3CC1CC(C2)N3.Cl.O=C(CCc1c[nH]c2ncccc12)N1C2CC3CC(C2)CC1C3.O=C(O)CCc1c[nH]c2ncccc12. The molecule has 0 radical (unpaired) electrons. The molecule has 4 aliphatic carbocycles. The molecule has 8 aliphatic rings. The lowest BCUT2D eigenvalue weighted by molar-refractivity contribution is -0.149. The number of H-pyrrole nitrogens is 2. The Kier molecular flexibility index (Phi) is 9.79. The fourth-order valence-corrected chi connectivity index (χ4v) is 10.4. The van der Waals surface area contributed by atoms with Gasteiger partial charge in [-0.2, -0.15) is 0 Å². The summed E-state index contributed by atoms with van der Waals surface area (Å²) in [5.74, 6) is 3.63. The van der Waals surface area contributed by atoms with Crippen LogP contribution < -0.4 is 5.32 Å². The zero-order chi connectivity index (χ0) is 31.9. The fraction of sp³-hybridized carbons (Fsp3) is 0.579. The van der Waals surface area contributed by atoms with E-state index >= 15 is 0 Å². The molecule has 0 unspecified atom stereocenters. The van der Waals surface area contributed by atoms with E-state index in [0.717, 1.165) is 69.8 Å². The lowest BCUT2D eigenvalue weighted by Gasteiger charge is -2.56. The van der Waals surface area contributed by atoms with Crippen molar-refractivity contribution in [1.82, 2.24) is 30.2 Å². The average Bonchev–Trinajstić information content (AvgIpc) is 3.66. The highest BCUT2D eigenvalue weighted by atomic mass is 35.5. The number of nitrogens with zero attached hydrogens (tertiary/aromatic N) is 3. The van der Waals surface area contributed by atoms with Gasteiger partial charge in [-0.05, 0) is 136 Å². The van der Waals surface area contributed by atoms with Crippen molar-refractivity contribution in [3.63, 3.8) is 0 Å². The monoisotopic (exact) mass is 672 g/mol. The number of piperidine rings is 4. The maximum Gasteiger partial charge on any atom is 0.303 e. The summed E-state index contributed by atoms with van der Waals surface area (Å²) in [6, 6.07) is 10.8. The summed E-state index contributed by atoms with van der Waals surface area (Å²) in [5.41, 5.74) is 3.96. The van der Waals surface area contributed by atoms with Crippen LogP contribution in [0.5, 0.6) is 0 Å². The Morgan fingerprint density at radius 1 is 0.688 bits per heavy atom. The van der Waals surface area contributed by atoms with Crippen molar-refractivity contribution in [2.24, 2.45) is 23.7 Å². The normalized spacial score (nSPS) is 30.4. The first-order chi connectivity index (χ1) is 22.9. The number of rotatable bonds is 6. The number of aromatic nitrogens is 4. The molecule has 12 rings (SSSR count). The number of carbonyl (C=O) groups excluding carboxylic acids is 1. The molecule has 4 saturated heterocycles. The second-order valence-electron chi connectivity index (χ2n) is 15.3. The number of aryl methyl sites for hydroxylation is 2. The van der Waals surface area contributed by atoms with Gasteiger partial charge in [-0.3, -0.25) is 9.59 Å². The molecule has 4 saturated carbocycles. The molecule has 1 amide bonds. The van der Waals surface area contributed by atoms with Gasteiger partial charge in [0.1, 0.15) is 11.3 Å². The third-order valence-electron chi connectivity index (χ3n) is 12.1. The van der Waals surface area contributed by atoms with E-state index in [2.05, 4.69) is 36.2 Å². The zero-order valence-electron chi connectivity index (χ0n) is 27.7. The van der Waals surface area contributed by atoms with Gasteiger partial charge >= 0.3 is 5.97 Å². The van der Waals surface area contributed by atoms with Crippen LogP contribution in [0.3, 0.4) is 0 Å². The van der Waals surface area contributed by atoms with Gasteiger partial charge < -0.3 is 25.3 Å². The van der Waals surface area contributed by atoms with Gasteiger partial charge in [0.2, 0.25) is 5.91 Å². The Labute approximate surface area is 288 Å². The Hall–Kier alpha value is -3.43. The molecule has 8 fully saturated rings. The number of fused-ring (bicyclic) bond motifs is 2. The summed E-state index contributed by atoms with van der Waals surface area (Å²) in [6.07, 6.45) is 23.5. The number of hydrogen-bond donors (Lipinski definition) is 4. The molecule has 4 aliphatic heterocycles. The van der Waals surface area contributed by atoms with Gasteiger partial charge in [-0.25, -0.2) is 9.97 Å². The van der Waals surface area contributed by atoms with E-state index in [1.54, 1.807) is 18.8 Å². The predicted octanol–water partition coefficient (Wildman–Crippen LogP) is 6.82. The summed E-state index contributed by atoms with van der Waals surface area (Å²) in [6.45, 7) is 0. The molecule has 0 spiro atoms. The molecule has 48 heavy (non-hydrogen) atoms. The van der Waals surface area contributed by atoms with Crippen molar-refractivity contribution in [1.29, 1.82) is 0 Å². The van der Waals surface area contributed by atoms with Crippen LogP contribution in [0, 0.1) is 23.7 Å². The minimum absolute atomic E-state index is 0. The van der Waals surface area contributed by atoms with Gasteiger partial charge in [-0.1, -0.05) is 0 Å². The van der Waals surface area contributed by atoms with E-state index in [1.807, 2.05) is 30.6 Å². The molecule has 4 aromatic rings. The third-order valence-corrected chi connectivity index (χ3v) is 12.1. The quantitative estimate of drug-likeness (QED) is 0.178. The number of halogens is 1. The number of carbonyl (C=O) groups is 2. The number of carboxylic acids is 1. The Morgan fingerprint density at radius 3 is 1.60 bits per heavy atom. The van der Waals surface area contributed by atoms with Crippen molar-refractivity contribution in [2.45, 2.75) is 114 Å². The molecular weight excluding hydrogens is 624 g/mol. The van der Waals surface area contributed by atoms with Crippen LogP contribution in [0.25, 0.3) is 22.1 Å². The Morgan fingerprint density at radius 2 is 1.15 bits per heavy atom. The molecule has 256 valence electrons. The smallest absolute Gasteiger partial charge is 0.303 e. The van der Waals surface area contributed by atoms with Crippen LogP contribution in [-0.2, 0) is 22.4 Å². The van der Waals surface area contributed by atoms with E-state index < -0.39 is 5.97 Å². The highest BCUT2D eigenvalue weighted by Crippen LogP contribution is 2.49. The van der Waals surface area contributed by atoms with Crippen LogP contribution >= 0.6 is 12.4 Å². The number of hydrogen-bond acceptors (Lipinski definition) is 5. The summed E-state index contributed by atoms with van der Waals surface area (Å²) < 4.78 is 0. The molecule has 8 heterocycles. The maximum absolute atomic E-state index is 12.9. The molecule has 4 aromatic heterocycles. The molecule has 8 bridgehead atoms. The first-order valence-corrected chi connectivity index (χ1v) is 18.1. The highest BCUT2D eigenvalue weighted by molar-refractivity contribution is 5.85. The Balaban J connectivity index is 0.000000124. The molecule has 0 aromatic carbocycles. The van der Waals surface area contributed by atoms with E-state index in [0.29, 0.717) is 30.8 Å². The Bertz CT molecular complexity index is 1650. The summed E-state index contributed by atoms with van der Waals surface area (Å²) in [5, 5.41) is 14.4. The molecule has 0 atom stereocenters. The number of nitrogens with one attached hydrogen (secondary N) is 3. The van der Waals surface area contributed by atoms with E-state index in [-0.39, 0.29) is 18.8 Å². The third kappa shape index (κ3) is 6.99. The second-order valence-corrected chi connectivity index (χ2v) is 15.3. The lowest BCUT2D eigenvalue weighted by atomic mass is 9.63. The minimum Gasteiger partial charge on any atom is -0.481 e. The molecule has 4 N–H and O–H groups in total. The van der Waals surface area contributed by atoms with E-state index in [4.69, 9.17) is 5.11 Å². The summed E-state index contributed by atoms with van der Waals surface area (Å²) in [7, 11) is 0. The average molecular weight is 673 g/mol. The van der Waals surface area contributed by atoms with E-state index in [9.17, 15) is 9.59 Å². The second kappa shape index (κ2) is 14.2. The summed E-state index contributed by atoms with van der Waals surface area (Å²) >= 11 is 0. The minimum atomic E-state index is -0.775. The van der Waals surface area contributed by atoms with Crippen molar-refractivity contribution >= 4 is 46.4 Å². The summed E-state index contributed by atoms with van der Waals surface area (Å²) in [4.78, 5) is 40.2. The van der Waals surface area contributed by atoms with Crippen LogP contribution in [-0.4, -0.2) is 66.0 Å². The standard InChI is InChI=1S/C19H23N3O.C10H10N2O2.C9H15N.ClH/c23-18(4-3-14-11-21-19-17(14)2-1-5-20-19)22-15-7-12-6-13(9-15)10-16(22)8-12;13-9(14)4-3-7-6-12-10-8(7)2-1-5-11-10;1-6-2-8-4-7(1)5-9(3-6)10-8;/h1-2,5,11-13,15-16H,3-4,6-10H2,(H,20,21);1-2,5-6H,3-4H2,(H,11,12)(H,13,14);6-10H,1-5H2;1H. The van der Waals surface area contributed by atoms with Crippen molar-refractivity contribution in [2.75, 3.05) is 0 Å². The molecule has 10 heteroatoms. The van der Waals surface area contributed by atoms with Gasteiger partial charge in [0.15, 0.2) is 0 Å². The van der Waals surface area contributed by atoms with Crippen LogP contribution in [0.4, 0.5) is 0 Å². The lowest BCUT2D eigenvalue weighted by Crippen LogP contribution is -2.59. The number of carboxylic acid groups (broad SMARTS) is 1. The van der Waals surface area contributed by atoms with Gasteiger partial charge in [0.05, 0.1) is 0 Å². The zero-order valence-corrected chi connectivity index (χ0v) is 28.5. The van der Waals surface area contributed by atoms with Crippen molar-refractivity contribution in [3.8, 4) is 0 Å². The van der Waals surface area contributed by atoms with E-state index in [1.165, 1.54) is 63.4 Å². The van der Waals surface area contributed by atoms with Crippen LogP contribution in [0.15, 0.2) is 49.1 Å². The number of aromatic amines is 2. The van der Waals surface area contributed by atoms with Gasteiger partial charge in [0.25, 0.3) is 0 Å². The van der Waals surface area contributed by atoms with Crippen LogP contribution in [0.1, 0.15) is 88.2 Å². The van der Waals surface area contributed by atoms with Crippen LogP contribution in [0.2, 0.25) is 0 Å². The maximum atomic E-state index is 12.9. The topological polar surface area (TPSA) is 127 Å². The highest BCUT2D eigenvalue weighted by Gasteiger charge is 2.48. The van der Waals surface area contributed by atoms with Crippen molar-refractivity contribution < 1.29 is 14.7 Å². The largest absolute Gasteiger partial charge is 0.481 e. The van der Waals surface area contributed by atoms with Gasteiger partial charge in [0, 0.05) is 72.6 Å². The molecular formula is C38H49ClN6O3. The number of pyridine rings is 2. The first-order valence-electron chi connectivity index (χ1n) is 18.1. The van der Waals surface area contributed by atoms with Crippen molar-refractivity contribution in [3.05, 3.63) is 60.2 Å². The predicted molar refractivity (Wildman–Crippen MR) is 189 cm³/mol. The number of aliphatic carboxylic acids is 1. The fourth-order valence-electron chi connectivity index (χ4n) is 10.4. The number of amides is 1.